The zero-order chi connectivity index (χ0) is 21.8. The summed E-state index contributed by atoms with van der Waals surface area (Å²) in [6.45, 7) is 3.47. The molecule has 0 aromatic heterocycles. The first kappa shape index (κ1) is 19.5. The molecule has 3 aromatic rings. The van der Waals surface area contributed by atoms with Crippen molar-refractivity contribution >= 4 is 50.5 Å². The predicted octanol–water partition coefficient (Wildman–Crippen LogP) is 4.79. The summed E-state index contributed by atoms with van der Waals surface area (Å²) in [5, 5.41) is 9.36. The normalized spacial score (nSPS) is 19.5. The Balaban J connectivity index is 1.83. The molecule has 0 radical (unpaired) electrons. The van der Waals surface area contributed by atoms with Gasteiger partial charge in [-0.3, -0.25) is 14.5 Å². The third-order valence-corrected chi connectivity index (χ3v) is 6.11. The summed E-state index contributed by atoms with van der Waals surface area (Å²) < 4.78 is 0.900. The molecule has 31 heavy (non-hydrogen) atoms. The van der Waals surface area contributed by atoms with E-state index >= 15 is 0 Å². The number of ketones is 1. The van der Waals surface area contributed by atoms with E-state index in [1.54, 1.807) is 9.91 Å². The third kappa shape index (κ3) is 2.80. The minimum absolute atomic E-state index is 0.203. The number of carbonyl (C=O) groups excluding carboxylic acids is 2. The Kier molecular flexibility index (Phi) is 4.44. The molecule has 0 aliphatic carbocycles. The average Bonchev–Trinajstić information content (AvgIpc) is 3.26. The molecule has 0 fully saturated rings. The van der Waals surface area contributed by atoms with Crippen molar-refractivity contribution in [2.75, 3.05) is 15.2 Å². The molecule has 0 saturated carbocycles. The first-order valence-electron chi connectivity index (χ1n) is 9.86. The average molecular weight is 475 g/mol. The molecule has 2 aliphatic heterocycles. The molecule has 0 saturated heterocycles. The smallest absolute Gasteiger partial charge is 0.278 e. The van der Waals surface area contributed by atoms with Crippen LogP contribution >= 0.6 is 15.9 Å². The summed E-state index contributed by atoms with van der Waals surface area (Å²) in [6.07, 6.45) is 0. The predicted molar refractivity (Wildman–Crippen MR) is 125 cm³/mol. The lowest BCUT2D eigenvalue weighted by Crippen LogP contribution is -2.58. The molecule has 2 aliphatic rings. The van der Waals surface area contributed by atoms with Crippen molar-refractivity contribution < 1.29 is 9.59 Å². The zero-order valence-electron chi connectivity index (χ0n) is 17.0. The number of hydrogen-bond acceptors (Lipinski definition) is 5. The van der Waals surface area contributed by atoms with Crippen LogP contribution in [0.3, 0.4) is 0 Å². The molecule has 1 spiro atoms. The van der Waals surface area contributed by atoms with Crippen LogP contribution in [-0.4, -0.2) is 17.5 Å². The largest absolute Gasteiger partial charge is 0.322 e. The minimum Gasteiger partial charge on any atom is -0.322 e. The Hall–Kier alpha value is -3.45. The van der Waals surface area contributed by atoms with Gasteiger partial charge in [-0.15, -0.1) is 5.10 Å². The van der Waals surface area contributed by atoms with Crippen LogP contribution < -0.4 is 15.2 Å². The van der Waals surface area contributed by atoms with E-state index in [0.717, 1.165) is 21.3 Å². The van der Waals surface area contributed by atoms with Crippen molar-refractivity contribution in [1.82, 2.24) is 0 Å². The second kappa shape index (κ2) is 7.06. The Labute approximate surface area is 188 Å². The number of halogens is 1. The molecule has 7 heteroatoms. The molecule has 6 nitrogen and oxygen atoms in total. The van der Waals surface area contributed by atoms with Gasteiger partial charge in [0.25, 0.3) is 5.91 Å². The first-order chi connectivity index (χ1) is 14.9. The van der Waals surface area contributed by atoms with Gasteiger partial charge in [-0.05, 0) is 49.4 Å². The summed E-state index contributed by atoms with van der Waals surface area (Å²) >= 11 is 3.46. The molecular weight excluding hydrogens is 456 g/mol. The molecular formula is C24H19BrN4O2. The number of anilines is 3. The molecule has 154 valence electrons. The quantitative estimate of drug-likeness (QED) is 0.592. The monoisotopic (exact) mass is 474 g/mol. The van der Waals surface area contributed by atoms with Crippen LogP contribution in [0.15, 0.2) is 82.4 Å². The molecule has 1 unspecified atom stereocenters. The maximum atomic E-state index is 13.7. The second-order valence-electron chi connectivity index (χ2n) is 7.61. The van der Waals surface area contributed by atoms with E-state index < -0.39 is 5.66 Å². The Morgan fingerprint density at radius 1 is 0.968 bits per heavy atom. The van der Waals surface area contributed by atoms with E-state index in [0.29, 0.717) is 11.4 Å². The van der Waals surface area contributed by atoms with Crippen LogP contribution in [-0.2, 0) is 15.3 Å². The number of fused-ring (bicyclic) bond motifs is 2. The van der Waals surface area contributed by atoms with Crippen molar-refractivity contribution in [3.63, 3.8) is 0 Å². The number of carbonyl (C=O) groups is 2. The van der Waals surface area contributed by atoms with E-state index in [4.69, 9.17) is 5.10 Å². The first-order valence-corrected chi connectivity index (χ1v) is 10.7. The zero-order valence-corrected chi connectivity index (χ0v) is 18.6. The number of hydrogen-bond donors (Lipinski definition) is 1. The lowest BCUT2D eigenvalue weighted by Gasteiger charge is -2.39. The van der Waals surface area contributed by atoms with Crippen LogP contribution in [0.5, 0.6) is 0 Å². The van der Waals surface area contributed by atoms with Crippen molar-refractivity contribution in [3.8, 4) is 0 Å². The van der Waals surface area contributed by atoms with Crippen LogP contribution in [0.25, 0.3) is 0 Å². The number of nitrogens with one attached hydrogen (secondary N) is 1. The van der Waals surface area contributed by atoms with Gasteiger partial charge in [0.15, 0.2) is 11.6 Å². The highest BCUT2D eigenvalue weighted by atomic mass is 79.9. The fraction of sp³-hybridized carbons (Fsp3) is 0.125. The van der Waals surface area contributed by atoms with Gasteiger partial charge in [-0.2, -0.15) is 0 Å². The highest BCUT2D eigenvalue weighted by Gasteiger charge is 2.62. The number of Topliss-reactive ketones (excluding diaryl/α,β-unsaturated/α-hetero) is 1. The van der Waals surface area contributed by atoms with Crippen molar-refractivity contribution in [2.45, 2.75) is 19.5 Å². The third-order valence-electron chi connectivity index (χ3n) is 5.58. The molecule has 1 atom stereocenters. The topological polar surface area (TPSA) is 65.0 Å². The van der Waals surface area contributed by atoms with Crippen molar-refractivity contribution in [1.29, 1.82) is 0 Å². The van der Waals surface area contributed by atoms with Gasteiger partial charge in [0.05, 0.1) is 5.69 Å². The second-order valence-corrected chi connectivity index (χ2v) is 8.53. The summed E-state index contributed by atoms with van der Waals surface area (Å²) in [6, 6.07) is 22.8. The Bertz CT molecular complexity index is 1240. The van der Waals surface area contributed by atoms with Gasteiger partial charge in [-0.1, -0.05) is 51.8 Å². The fourth-order valence-electron chi connectivity index (χ4n) is 4.18. The van der Waals surface area contributed by atoms with E-state index in [2.05, 4.69) is 21.2 Å². The van der Waals surface area contributed by atoms with Crippen LogP contribution in [0.4, 0.5) is 17.1 Å². The van der Waals surface area contributed by atoms with Gasteiger partial charge in [0.2, 0.25) is 5.66 Å². The van der Waals surface area contributed by atoms with Gasteiger partial charge in [0.1, 0.15) is 0 Å². The molecule has 1 N–H and O–H groups in total. The molecule has 2 heterocycles. The van der Waals surface area contributed by atoms with Gasteiger partial charge < -0.3 is 5.32 Å². The SMILES string of the molecule is CC(=O)C1=NN(c2ccc(C)cc2)C2(C(=O)Nc3ccccc32)N1c1ccc(Br)cc1. The summed E-state index contributed by atoms with van der Waals surface area (Å²) in [5.41, 5.74) is 2.58. The maximum absolute atomic E-state index is 13.7. The molecule has 3 aromatic carbocycles. The van der Waals surface area contributed by atoms with E-state index in [1.807, 2.05) is 79.7 Å². The molecule has 5 rings (SSSR count). The Morgan fingerprint density at radius 2 is 1.61 bits per heavy atom. The molecule has 0 bridgehead atoms. The Morgan fingerprint density at radius 3 is 2.29 bits per heavy atom. The van der Waals surface area contributed by atoms with Crippen molar-refractivity contribution in [2.24, 2.45) is 5.10 Å². The highest BCUT2D eigenvalue weighted by molar-refractivity contribution is 9.10. The number of nitrogens with zero attached hydrogens (tertiary/aromatic N) is 3. The summed E-state index contributed by atoms with van der Waals surface area (Å²) in [5.74, 6) is -0.291. The summed E-state index contributed by atoms with van der Waals surface area (Å²) in [4.78, 5) is 28.2. The highest BCUT2D eigenvalue weighted by Crippen LogP contribution is 2.50. The number of hydrazone groups is 1. The number of amides is 1. The van der Waals surface area contributed by atoms with Crippen molar-refractivity contribution in [3.05, 3.63) is 88.4 Å². The standard InChI is InChI=1S/C24H19BrN4O2/c1-15-7-11-19(12-8-15)29-24(20-5-3-4-6-21(20)26-23(24)31)28(22(27-29)16(2)30)18-13-9-17(25)10-14-18/h3-14H,1-2H3,(H,26,31). The minimum atomic E-state index is -1.36. The van der Waals surface area contributed by atoms with Gasteiger partial charge in [-0.25, -0.2) is 5.01 Å². The lowest BCUT2D eigenvalue weighted by atomic mass is 9.96. The van der Waals surface area contributed by atoms with Crippen LogP contribution in [0, 0.1) is 6.92 Å². The van der Waals surface area contributed by atoms with E-state index in [-0.39, 0.29) is 17.5 Å². The fourth-order valence-corrected chi connectivity index (χ4v) is 4.44. The van der Waals surface area contributed by atoms with Crippen LogP contribution in [0.2, 0.25) is 0 Å². The summed E-state index contributed by atoms with van der Waals surface area (Å²) in [7, 11) is 0. The number of rotatable bonds is 3. The number of aryl methyl sites for hydroxylation is 1. The number of benzene rings is 3. The molecule has 1 amide bonds. The van der Waals surface area contributed by atoms with Crippen LogP contribution in [0.1, 0.15) is 18.1 Å². The van der Waals surface area contributed by atoms with E-state index in [9.17, 15) is 9.59 Å². The lowest BCUT2D eigenvalue weighted by molar-refractivity contribution is -0.120. The van der Waals surface area contributed by atoms with Gasteiger partial charge in [0, 0.05) is 28.3 Å². The maximum Gasteiger partial charge on any atom is 0.278 e. The number of para-hydroxylation sites is 1. The van der Waals surface area contributed by atoms with E-state index in [1.165, 1.54) is 6.92 Å². The van der Waals surface area contributed by atoms with Gasteiger partial charge >= 0.3 is 0 Å². The number of amidine groups is 1.